The number of hydrogen-bond donors (Lipinski definition) is 1. The summed E-state index contributed by atoms with van der Waals surface area (Å²) in [5.41, 5.74) is 1.83. The van der Waals surface area contributed by atoms with Crippen LogP contribution in [0.25, 0.3) is 0 Å². The predicted octanol–water partition coefficient (Wildman–Crippen LogP) is 0.541. The van der Waals surface area contributed by atoms with Gasteiger partial charge in [0.15, 0.2) is 0 Å². The van der Waals surface area contributed by atoms with Gasteiger partial charge >= 0.3 is 0 Å². The predicted molar refractivity (Wildman–Crippen MR) is 70.7 cm³/mol. The summed E-state index contributed by atoms with van der Waals surface area (Å²) in [5.74, 6) is 0.0178. The lowest BCUT2D eigenvalue weighted by molar-refractivity contribution is -0.132. The topological polar surface area (TPSA) is 62.7 Å². The zero-order valence-corrected chi connectivity index (χ0v) is 11.4. The molecule has 1 aliphatic rings. The van der Waals surface area contributed by atoms with E-state index in [1.54, 1.807) is 18.2 Å². The Balaban J connectivity index is 2.01. The van der Waals surface area contributed by atoms with Crippen molar-refractivity contribution in [2.45, 2.75) is 31.9 Å². The van der Waals surface area contributed by atoms with Gasteiger partial charge in [0, 0.05) is 25.5 Å². The van der Waals surface area contributed by atoms with E-state index in [4.69, 9.17) is 4.74 Å². The SMILES string of the molecule is CO[C@H]1C[C@@H](CO)N(C(=O)Cc2ccc(C)nc2)C1. The van der Waals surface area contributed by atoms with E-state index in [1.165, 1.54) is 0 Å². The molecule has 1 fully saturated rings. The first-order chi connectivity index (χ1) is 9.13. The van der Waals surface area contributed by atoms with Gasteiger partial charge in [0.05, 0.1) is 25.2 Å². The average molecular weight is 264 g/mol. The van der Waals surface area contributed by atoms with Gasteiger partial charge in [-0.3, -0.25) is 9.78 Å². The molecule has 5 nitrogen and oxygen atoms in total. The second kappa shape index (κ2) is 6.12. The maximum absolute atomic E-state index is 12.3. The lowest BCUT2D eigenvalue weighted by atomic mass is 10.1. The molecule has 104 valence electrons. The summed E-state index contributed by atoms with van der Waals surface area (Å²) >= 11 is 0. The molecule has 0 radical (unpaired) electrons. The Hall–Kier alpha value is -1.46. The van der Waals surface area contributed by atoms with Crippen LogP contribution in [0.15, 0.2) is 18.3 Å². The number of carbonyl (C=O) groups is 1. The van der Waals surface area contributed by atoms with Gasteiger partial charge in [-0.25, -0.2) is 0 Å². The number of ether oxygens (including phenoxy) is 1. The normalized spacial score (nSPS) is 22.8. The van der Waals surface area contributed by atoms with Crippen molar-refractivity contribution in [3.8, 4) is 0 Å². The molecule has 1 saturated heterocycles. The Morgan fingerprint density at radius 3 is 2.95 bits per heavy atom. The molecule has 1 aromatic rings. The number of aliphatic hydroxyl groups is 1. The molecule has 0 spiro atoms. The highest BCUT2D eigenvalue weighted by atomic mass is 16.5. The fourth-order valence-electron chi connectivity index (χ4n) is 2.40. The minimum Gasteiger partial charge on any atom is -0.394 e. The number of aryl methyl sites for hydroxylation is 1. The van der Waals surface area contributed by atoms with Gasteiger partial charge in [-0.15, -0.1) is 0 Å². The summed E-state index contributed by atoms with van der Waals surface area (Å²) < 4.78 is 5.27. The molecular weight excluding hydrogens is 244 g/mol. The number of amides is 1. The number of likely N-dealkylation sites (tertiary alicyclic amines) is 1. The molecular formula is C14H20N2O3. The van der Waals surface area contributed by atoms with Gasteiger partial charge in [0.1, 0.15) is 0 Å². The van der Waals surface area contributed by atoms with Crippen molar-refractivity contribution >= 4 is 5.91 Å². The molecule has 0 bridgehead atoms. The molecule has 1 amide bonds. The van der Waals surface area contributed by atoms with Crippen molar-refractivity contribution in [2.75, 3.05) is 20.3 Å². The molecule has 1 aliphatic heterocycles. The van der Waals surface area contributed by atoms with E-state index in [9.17, 15) is 9.90 Å². The van der Waals surface area contributed by atoms with Crippen molar-refractivity contribution in [1.29, 1.82) is 0 Å². The summed E-state index contributed by atoms with van der Waals surface area (Å²) in [6, 6.07) is 3.68. The highest BCUT2D eigenvalue weighted by Gasteiger charge is 2.34. The van der Waals surface area contributed by atoms with Gasteiger partial charge < -0.3 is 14.7 Å². The van der Waals surface area contributed by atoms with Gasteiger partial charge in [-0.1, -0.05) is 6.07 Å². The van der Waals surface area contributed by atoms with E-state index in [-0.39, 0.29) is 24.7 Å². The summed E-state index contributed by atoms with van der Waals surface area (Å²) in [6.07, 6.45) is 2.77. The molecule has 0 aromatic carbocycles. The lowest BCUT2D eigenvalue weighted by Crippen LogP contribution is -2.39. The second-order valence-corrected chi connectivity index (χ2v) is 4.96. The van der Waals surface area contributed by atoms with Crippen LogP contribution in [-0.2, 0) is 16.0 Å². The Morgan fingerprint density at radius 2 is 2.37 bits per heavy atom. The third-order valence-corrected chi connectivity index (χ3v) is 3.57. The molecule has 5 heteroatoms. The van der Waals surface area contributed by atoms with E-state index in [2.05, 4.69) is 4.98 Å². The molecule has 19 heavy (non-hydrogen) atoms. The number of pyridine rings is 1. The number of methoxy groups -OCH3 is 1. The van der Waals surface area contributed by atoms with E-state index in [1.807, 2.05) is 19.1 Å². The van der Waals surface area contributed by atoms with Gasteiger partial charge in [0.2, 0.25) is 5.91 Å². The molecule has 2 rings (SSSR count). The van der Waals surface area contributed by atoms with Crippen molar-refractivity contribution in [3.05, 3.63) is 29.6 Å². The Labute approximate surface area is 113 Å². The minimum absolute atomic E-state index is 0.0161. The average Bonchev–Trinajstić information content (AvgIpc) is 2.85. The van der Waals surface area contributed by atoms with Gasteiger partial charge in [-0.2, -0.15) is 0 Å². The van der Waals surface area contributed by atoms with E-state index < -0.39 is 0 Å². The first kappa shape index (κ1) is 14.0. The summed E-state index contributed by atoms with van der Waals surface area (Å²) in [5, 5.41) is 9.34. The largest absolute Gasteiger partial charge is 0.394 e. The molecule has 2 heterocycles. The second-order valence-electron chi connectivity index (χ2n) is 4.96. The maximum Gasteiger partial charge on any atom is 0.227 e. The molecule has 1 N–H and O–H groups in total. The first-order valence-electron chi connectivity index (χ1n) is 6.48. The van der Waals surface area contributed by atoms with Gasteiger partial charge in [-0.05, 0) is 25.0 Å². The van der Waals surface area contributed by atoms with Crippen molar-refractivity contribution < 1.29 is 14.6 Å². The van der Waals surface area contributed by atoms with Crippen LogP contribution in [0.4, 0.5) is 0 Å². The third-order valence-electron chi connectivity index (χ3n) is 3.57. The highest BCUT2D eigenvalue weighted by molar-refractivity contribution is 5.79. The van der Waals surface area contributed by atoms with Crippen molar-refractivity contribution in [1.82, 2.24) is 9.88 Å². The lowest BCUT2D eigenvalue weighted by Gasteiger charge is -2.22. The number of rotatable bonds is 4. The van der Waals surface area contributed by atoms with Crippen molar-refractivity contribution in [3.63, 3.8) is 0 Å². The Kier molecular flexibility index (Phi) is 4.50. The smallest absolute Gasteiger partial charge is 0.227 e. The summed E-state index contributed by atoms with van der Waals surface area (Å²) in [4.78, 5) is 18.2. The highest BCUT2D eigenvalue weighted by Crippen LogP contribution is 2.20. The van der Waals surface area contributed by atoms with Crippen LogP contribution in [0.3, 0.4) is 0 Å². The van der Waals surface area contributed by atoms with E-state index in [0.29, 0.717) is 19.4 Å². The van der Waals surface area contributed by atoms with Crippen LogP contribution < -0.4 is 0 Å². The number of aliphatic hydroxyl groups excluding tert-OH is 1. The number of aromatic nitrogens is 1. The van der Waals surface area contributed by atoms with E-state index in [0.717, 1.165) is 11.3 Å². The van der Waals surface area contributed by atoms with Crippen LogP contribution in [0.5, 0.6) is 0 Å². The Morgan fingerprint density at radius 1 is 1.58 bits per heavy atom. The van der Waals surface area contributed by atoms with Gasteiger partial charge in [0.25, 0.3) is 0 Å². The van der Waals surface area contributed by atoms with Crippen LogP contribution in [-0.4, -0.2) is 53.3 Å². The fraction of sp³-hybridized carbons (Fsp3) is 0.571. The fourth-order valence-corrected chi connectivity index (χ4v) is 2.40. The number of nitrogens with zero attached hydrogens (tertiary/aromatic N) is 2. The van der Waals surface area contributed by atoms with Crippen LogP contribution >= 0.6 is 0 Å². The zero-order valence-electron chi connectivity index (χ0n) is 11.4. The summed E-state index contributed by atoms with van der Waals surface area (Å²) in [7, 11) is 1.64. The van der Waals surface area contributed by atoms with E-state index >= 15 is 0 Å². The molecule has 0 saturated carbocycles. The monoisotopic (exact) mass is 264 g/mol. The van der Waals surface area contributed by atoms with Crippen LogP contribution in [0.2, 0.25) is 0 Å². The number of carbonyl (C=O) groups excluding carboxylic acids is 1. The quantitative estimate of drug-likeness (QED) is 0.862. The first-order valence-corrected chi connectivity index (χ1v) is 6.48. The molecule has 0 aliphatic carbocycles. The molecule has 2 atom stereocenters. The molecule has 0 unspecified atom stereocenters. The third kappa shape index (κ3) is 3.30. The maximum atomic E-state index is 12.3. The summed E-state index contributed by atoms with van der Waals surface area (Å²) in [6.45, 7) is 2.45. The standard InChI is InChI=1S/C14H20N2O3/c1-10-3-4-11(7-15-10)5-14(18)16-8-13(19-2)6-12(16)9-17/h3-4,7,12-13,17H,5-6,8-9H2,1-2H3/t12-,13-/m0/s1. The molecule has 1 aromatic heterocycles. The minimum atomic E-state index is -0.129. The van der Waals surface area contributed by atoms with Crippen LogP contribution in [0.1, 0.15) is 17.7 Å². The number of hydrogen-bond acceptors (Lipinski definition) is 4. The van der Waals surface area contributed by atoms with Crippen LogP contribution in [0, 0.1) is 6.92 Å². The van der Waals surface area contributed by atoms with Crippen molar-refractivity contribution in [2.24, 2.45) is 0 Å². The zero-order chi connectivity index (χ0) is 13.8. The Bertz CT molecular complexity index is 433.